The van der Waals surface area contributed by atoms with E-state index in [2.05, 4.69) is 19.0 Å². The van der Waals surface area contributed by atoms with Gasteiger partial charge in [0.15, 0.2) is 11.5 Å². The van der Waals surface area contributed by atoms with Crippen LogP contribution in [0.1, 0.15) is 24.3 Å². The molecule has 0 saturated carbocycles. The Balaban J connectivity index is 2.15. The smallest absolute Gasteiger partial charge is 0.275 e. The van der Waals surface area contributed by atoms with Crippen LogP contribution in [0.4, 0.5) is 0 Å². The molecule has 0 bridgehead atoms. The average Bonchev–Trinajstić information content (AvgIpc) is 2.87. The van der Waals surface area contributed by atoms with Crippen molar-refractivity contribution >= 4 is 5.91 Å². The van der Waals surface area contributed by atoms with Crippen molar-refractivity contribution in [2.45, 2.75) is 13.8 Å². The van der Waals surface area contributed by atoms with Gasteiger partial charge in [0.2, 0.25) is 0 Å². The van der Waals surface area contributed by atoms with Crippen LogP contribution < -0.4 is 0 Å². The molecule has 0 radical (unpaired) electrons. The second kappa shape index (κ2) is 5.69. The molecule has 0 aliphatic rings. The lowest BCUT2D eigenvalue weighted by Crippen LogP contribution is -2.30. The highest BCUT2D eigenvalue weighted by Crippen LogP contribution is 2.20. The zero-order valence-corrected chi connectivity index (χ0v) is 11.5. The van der Waals surface area contributed by atoms with Crippen LogP contribution in [-0.4, -0.2) is 29.6 Å². The number of amides is 1. The second-order valence-corrected chi connectivity index (χ2v) is 5.02. The number of aromatic nitrogens is 1. The molecule has 2 rings (SSSR count). The highest BCUT2D eigenvalue weighted by atomic mass is 16.5. The fourth-order valence-corrected chi connectivity index (χ4v) is 1.94. The molecule has 2 aromatic rings. The molecule has 100 valence electrons. The zero-order chi connectivity index (χ0) is 13.8. The SMILES string of the molecule is CC(C)CN(C)C(=O)c1cc(-c2ccccc2)on1. The average molecular weight is 258 g/mol. The summed E-state index contributed by atoms with van der Waals surface area (Å²) in [7, 11) is 1.78. The lowest BCUT2D eigenvalue weighted by atomic mass is 10.1. The lowest BCUT2D eigenvalue weighted by molar-refractivity contribution is 0.0769. The van der Waals surface area contributed by atoms with Gasteiger partial charge in [-0.05, 0) is 5.92 Å². The molecule has 1 aromatic heterocycles. The van der Waals surface area contributed by atoms with Gasteiger partial charge < -0.3 is 9.42 Å². The molecule has 0 saturated heterocycles. The van der Waals surface area contributed by atoms with Crippen LogP contribution >= 0.6 is 0 Å². The number of carbonyl (C=O) groups is 1. The Morgan fingerprint density at radius 1 is 1.32 bits per heavy atom. The first kappa shape index (κ1) is 13.3. The third-order valence-corrected chi connectivity index (χ3v) is 2.77. The van der Waals surface area contributed by atoms with E-state index in [1.807, 2.05) is 30.3 Å². The monoisotopic (exact) mass is 258 g/mol. The van der Waals surface area contributed by atoms with E-state index in [0.29, 0.717) is 23.9 Å². The molecular weight excluding hydrogens is 240 g/mol. The quantitative estimate of drug-likeness (QED) is 0.846. The maximum absolute atomic E-state index is 12.1. The van der Waals surface area contributed by atoms with Gasteiger partial charge in [0.05, 0.1) is 0 Å². The van der Waals surface area contributed by atoms with E-state index in [0.717, 1.165) is 5.56 Å². The maximum atomic E-state index is 12.1. The second-order valence-electron chi connectivity index (χ2n) is 5.02. The molecule has 0 unspecified atom stereocenters. The summed E-state index contributed by atoms with van der Waals surface area (Å²) in [5, 5.41) is 3.85. The van der Waals surface area contributed by atoms with Crippen molar-refractivity contribution in [1.29, 1.82) is 0 Å². The Bertz CT molecular complexity index is 546. The van der Waals surface area contributed by atoms with Gasteiger partial charge >= 0.3 is 0 Å². The first-order valence-electron chi connectivity index (χ1n) is 6.35. The predicted octanol–water partition coefficient (Wildman–Crippen LogP) is 3.07. The highest BCUT2D eigenvalue weighted by molar-refractivity contribution is 5.92. The van der Waals surface area contributed by atoms with E-state index in [-0.39, 0.29) is 5.91 Å². The first-order chi connectivity index (χ1) is 9.08. The van der Waals surface area contributed by atoms with Gasteiger partial charge in [-0.2, -0.15) is 0 Å². The summed E-state index contributed by atoms with van der Waals surface area (Å²) in [6.07, 6.45) is 0. The largest absolute Gasteiger partial charge is 0.355 e. The van der Waals surface area contributed by atoms with E-state index in [1.165, 1.54) is 0 Å². The number of hydrogen-bond donors (Lipinski definition) is 0. The van der Waals surface area contributed by atoms with E-state index in [9.17, 15) is 4.79 Å². The van der Waals surface area contributed by atoms with Gasteiger partial charge in [-0.15, -0.1) is 0 Å². The number of benzene rings is 1. The fraction of sp³-hybridized carbons (Fsp3) is 0.333. The zero-order valence-electron chi connectivity index (χ0n) is 11.5. The third kappa shape index (κ3) is 3.22. The molecule has 19 heavy (non-hydrogen) atoms. The molecule has 0 atom stereocenters. The third-order valence-electron chi connectivity index (χ3n) is 2.77. The van der Waals surface area contributed by atoms with Crippen molar-refractivity contribution < 1.29 is 9.32 Å². The van der Waals surface area contributed by atoms with Gasteiger partial charge in [0.1, 0.15) is 0 Å². The summed E-state index contributed by atoms with van der Waals surface area (Å²) in [6.45, 7) is 4.84. The van der Waals surface area contributed by atoms with Crippen molar-refractivity contribution in [1.82, 2.24) is 10.1 Å². The van der Waals surface area contributed by atoms with Crippen molar-refractivity contribution in [2.24, 2.45) is 5.92 Å². The lowest BCUT2D eigenvalue weighted by Gasteiger charge is -2.17. The molecule has 1 aromatic carbocycles. The molecule has 0 spiro atoms. The van der Waals surface area contributed by atoms with Gasteiger partial charge in [-0.3, -0.25) is 4.79 Å². The molecule has 4 nitrogen and oxygen atoms in total. The highest BCUT2D eigenvalue weighted by Gasteiger charge is 2.18. The molecule has 0 aliphatic carbocycles. The molecular formula is C15H18N2O2. The summed E-state index contributed by atoms with van der Waals surface area (Å²) in [5.41, 5.74) is 1.27. The van der Waals surface area contributed by atoms with Crippen LogP contribution in [0.2, 0.25) is 0 Å². The molecule has 1 heterocycles. The van der Waals surface area contributed by atoms with Crippen LogP contribution in [0.5, 0.6) is 0 Å². The van der Waals surface area contributed by atoms with E-state index in [4.69, 9.17) is 4.52 Å². The molecule has 0 N–H and O–H groups in total. The number of rotatable bonds is 4. The molecule has 0 aliphatic heterocycles. The van der Waals surface area contributed by atoms with Crippen molar-refractivity contribution in [3.05, 3.63) is 42.1 Å². The Labute approximate surface area is 113 Å². The van der Waals surface area contributed by atoms with Gasteiger partial charge in [0.25, 0.3) is 5.91 Å². The molecule has 0 fully saturated rings. The Hall–Kier alpha value is -2.10. The van der Waals surface area contributed by atoms with Gasteiger partial charge in [-0.25, -0.2) is 0 Å². The molecule has 1 amide bonds. The number of hydrogen-bond acceptors (Lipinski definition) is 3. The van der Waals surface area contributed by atoms with Crippen molar-refractivity contribution in [2.75, 3.05) is 13.6 Å². The van der Waals surface area contributed by atoms with E-state index in [1.54, 1.807) is 18.0 Å². The molecule has 4 heteroatoms. The summed E-state index contributed by atoms with van der Waals surface area (Å²) in [5.74, 6) is 0.927. The topological polar surface area (TPSA) is 46.3 Å². The Kier molecular flexibility index (Phi) is 4.00. The van der Waals surface area contributed by atoms with E-state index < -0.39 is 0 Å². The van der Waals surface area contributed by atoms with Crippen molar-refractivity contribution in [3.8, 4) is 11.3 Å². The van der Waals surface area contributed by atoms with Crippen LogP contribution in [0.3, 0.4) is 0 Å². The van der Waals surface area contributed by atoms with Crippen LogP contribution in [0.25, 0.3) is 11.3 Å². The van der Waals surface area contributed by atoms with Crippen LogP contribution in [-0.2, 0) is 0 Å². The minimum absolute atomic E-state index is 0.111. The number of carbonyl (C=O) groups excluding carboxylic acids is 1. The summed E-state index contributed by atoms with van der Waals surface area (Å²) >= 11 is 0. The fourth-order valence-electron chi connectivity index (χ4n) is 1.94. The minimum atomic E-state index is -0.111. The minimum Gasteiger partial charge on any atom is -0.355 e. The van der Waals surface area contributed by atoms with Crippen molar-refractivity contribution in [3.63, 3.8) is 0 Å². The van der Waals surface area contributed by atoms with E-state index >= 15 is 0 Å². The standard InChI is InChI=1S/C15H18N2O2/c1-11(2)10-17(3)15(18)13-9-14(19-16-13)12-7-5-4-6-8-12/h4-9,11H,10H2,1-3H3. The Morgan fingerprint density at radius 3 is 2.63 bits per heavy atom. The number of nitrogens with zero attached hydrogens (tertiary/aromatic N) is 2. The first-order valence-corrected chi connectivity index (χ1v) is 6.35. The van der Waals surface area contributed by atoms with Crippen LogP contribution in [0.15, 0.2) is 40.9 Å². The maximum Gasteiger partial charge on any atom is 0.275 e. The normalized spacial score (nSPS) is 10.7. The summed E-state index contributed by atoms with van der Waals surface area (Å²) in [4.78, 5) is 13.8. The predicted molar refractivity (Wildman–Crippen MR) is 73.7 cm³/mol. The van der Waals surface area contributed by atoms with Gasteiger partial charge in [-0.1, -0.05) is 49.3 Å². The summed E-state index contributed by atoms with van der Waals surface area (Å²) in [6, 6.07) is 11.3. The van der Waals surface area contributed by atoms with Gasteiger partial charge in [0, 0.05) is 25.2 Å². The van der Waals surface area contributed by atoms with Crippen LogP contribution in [0, 0.1) is 5.92 Å². The Morgan fingerprint density at radius 2 is 2.00 bits per heavy atom. The summed E-state index contributed by atoms with van der Waals surface area (Å²) < 4.78 is 5.23.